The predicted molar refractivity (Wildman–Crippen MR) is 93.1 cm³/mol. The fraction of sp³-hybridized carbons (Fsp3) is 0.133. The van der Waals surface area contributed by atoms with E-state index < -0.39 is 0 Å². The third-order valence-corrected chi connectivity index (χ3v) is 4.48. The van der Waals surface area contributed by atoms with Crippen LogP contribution in [0.1, 0.15) is 17.0 Å². The van der Waals surface area contributed by atoms with Gasteiger partial charge < -0.3 is 15.2 Å². The summed E-state index contributed by atoms with van der Waals surface area (Å²) in [6.07, 6.45) is 0. The predicted octanol–water partition coefficient (Wildman–Crippen LogP) is 4.20. The van der Waals surface area contributed by atoms with Crippen molar-refractivity contribution in [2.45, 2.75) is 5.92 Å². The van der Waals surface area contributed by atoms with Crippen LogP contribution in [0.3, 0.4) is 0 Å². The topological polar surface area (TPSA) is 68.3 Å². The number of benzene rings is 2. The van der Waals surface area contributed by atoms with E-state index in [9.17, 15) is 0 Å². The van der Waals surface area contributed by atoms with E-state index in [1.807, 2.05) is 30.3 Å². The molecule has 0 radical (unpaired) electrons. The average molecular weight is 459 g/mol. The highest BCUT2D eigenvalue weighted by Gasteiger charge is 2.28. The van der Waals surface area contributed by atoms with Crippen molar-refractivity contribution in [3.05, 3.63) is 55.6 Å². The van der Waals surface area contributed by atoms with Gasteiger partial charge >= 0.3 is 0 Å². The Labute approximate surface area is 144 Å². The second-order valence-corrected chi connectivity index (χ2v) is 6.86. The number of amidine groups is 1. The molecular formula is C15H12BrIN2O2. The zero-order valence-electron chi connectivity index (χ0n) is 10.9. The Morgan fingerprint density at radius 1 is 1.24 bits per heavy atom. The number of ether oxygens (including phenoxy) is 2. The summed E-state index contributed by atoms with van der Waals surface area (Å²) < 4.78 is 13.3. The van der Waals surface area contributed by atoms with Crippen LogP contribution < -0.4 is 10.5 Å². The van der Waals surface area contributed by atoms with Gasteiger partial charge in [0.15, 0.2) is 0 Å². The summed E-state index contributed by atoms with van der Waals surface area (Å²) in [4.78, 5) is 0. The lowest BCUT2D eigenvalue weighted by molar-refractivity contribution is 0.274. The van der Waals surface area contributed by atoms with Crippen LogP contribution in [0.5, 0.6) is 11.5 Å². The molecule has 0 bridgehead atoms. The molecule has 108 valence electrons. The van der Waals surface area contributed by atoms with Crippen LogP contribution in [0.25, 0.3) is 0 Å². The van der Waals surface area contributed by atoms with Gasteiger partial charge in [-0.3, -0.25) is 5.41 Å². The highest BCUT2D eigenvalue weighted by molar-refractivity contribution is 14.1. The number of hydrogen-bond donors (Lipinski definition) is 2. The zero-order valence-corrected chi connectivity index (χ0v) is 14.6. The Balaban J connectivity index is 2.09. The van der Waals surface area contributed by atoms with E-state index in [1.165, 1.54) is 0 Å². The molecular weight excluding hydrogens is 447 g/mol. The van der Waals surface area contributed by atoms with Crippen molar-refractivity contribution < 1.29 is 9.47 Å². The number of nitrogens with two attached hydrogens (primary N) is 1. The van der Waals surface area contributed by atoms with E-state index in [-0.39, 0.29) is 11.9 Å². The van der Waals surface area contributed by atoms with Gasteiger partial charge in [-0.25, -0.2) is 0 Å². The third kappa shape index (κ3) is 3.01. The summed E-state index contributed by atoms with van der Waals surface area (Å²) in [6.45, 7) is 0.315. The molecule has 0 aromatic heterocycles. The second-order valence-electron chi connectivity index (χ2n) is 4.69. The van der Waals surface area contributed by atoms with Crippen molar-refractivity contribution in [2.75, 3.05) is 6.61 Å². The highest BCUT2D eigenvalue weighted by atomic mass is 127. The summed E-state index contributed by atoms with van der Waals surface area (Å²) in [5, 5.41) is 7.28. The molecule has 3 N–H and O–H groups in total. The van der Waals surface area contributed by atoms with Crippen molar-refractivity contribution in [3.63, 3.8) is 0 Å². The van der Waals surface area contributed by atoms with Gasteiger partial charge in [0.05, 0.1) is 5.92 Å². The van der Waals surface area contributed by atoms with Crippen molar-refractivity contribution >= 4 is 44.5 Å². The lowest BCUT2D eigenvalue weighted by Crippen LogP contribution is -2.21. The van der Waals surface area contributed by atoms with Crippen LogP contribution in [0, 0.1) is 8.98 Å². The molecule has 0 amide bonds. The van der Waals surface area contributed by atoms with Gasteiger partial charge in [-0.2, -0.15) is 0 Å². The molecule has 0 aliphatic carbocycles. The number of hydrogen-bond acceptors (Lipinski definition) is 3. The molecule has 6 heteroatoms. The summed E-state index contributed by atoms with van der Waals surface area (Å²) >= 11 is 5.76. The molecule has 0 saturated heterocycles. The Kier molecular flexibility index (Phi) is 4.08. The maximum Gasteiger partial charge on any atom is 0.279 e. The lowest BCUT2D eigenvalue weighted by atomic mass is 9.89. The van der Waals surface area contributed by atoms with Gasteiger partial charge in [0.2, 0.25) is 0 Å². The summed E-state index contributed by atoms with van der Waals surface area (Å²) in [6, 6.07) is 11.7. The monoisotopic (exact) mass is 458 g/mol. The van der Waals surface area contributed by atoms with Crippen LogP contribution in [-0.2, 0) is 4.74 Å². The molecule has 1 heterocycles. The first-order chi connectivity index (χ1) is 10.0. The molecule has 0 saturated carbocycles. The molecule has 1 atom stereocenters. The fourth-order valence-corrected chi connectivity index (χ4v) is 3.30. The number of halogens is 2. The first-order valence-electron chi connectivity index (χ1n) is 6.28. The van der Waals surface area contributed by atoms with Crippen molar-refractivity contribution in [3.8, 4) is 11.5 Å². The Bertz CT molecular complexity index is 669. The Morgan fingerprint density at radius 3 is 2.62 bits per heavy atom. The normalized spacial score (nSPS) is 15.6. The van der Waals surface area contributed by atoms with Gasteiger partial charge in [0, 0.05) is 19.2 Å². The molecule has 0 fully saturated rings. The quantitative estimate of drug-likeness (QED) is 0.402. The minimum Gasteiger partial charge on any atom is -0.465 e. The van der Waals surface area contributed by atoms with E-state index in [2.05, 4.69) is 44.6 Å². The van der Waals surface area contributed by atoms with Crippen LogP contribution in [-0.4, -0.2) is 12.6 Å². The van der Waals surface area contributed by atoms with Gasteiger partial charge in [0.25, 0.3) is 6.02 Å². The molecule has 1 aliphatic heterocycles. The number of fused-ring (bicyclic) bond motifs is 2. The van der Waals surface area contributed by atoms with E-state index in [4.69, 9.17) is 20.6 Å². The Hall–Kier alpha value is -1.28. The first kappa shape index (κ1) is 14.6. The van der Waals surface area contributed by atoms with Crippen LogP contribution >= 0.6 is 38.5 Å². The van der Waals surface area contributed by atoms with E-state index in [0.29, 0.717) is 6.61 Å². The molecule has 1 unspecified atom stereocenters. The summed E-state index contributed by atoms with van der Waals surface area (Å²) in [5.41, 5.74) is 7.41. The maximum absolute atomic E-state index is 7.28. The molecule has 21 heavy (non-hydrogen) atoms. The van der Waals surface area contributed by atoms with Crippen molar-refractivity contribution in [2.24, 2.45) is 5.73 Å². The summed E-state index contributed by atoms with van der Waals surface area (Å²) in [5.74, 6) is 1.62. The molecule has 0 spiro atoms. The maximum atomic E-state index is 7.28. The van der Waals surface area contributed by atoms with Crippen molar-refractivity contribution in [1.82, 2.24) is 0 Å². The van der Waals surface area contributed by atoms with Gasteiger partial charge in [0.1, 0.15) is 18.1 Å². The third-order valence-electron chi connectivity index (χ3n) is 3.32. The lowest BCUT2D eigenvalue weighted by Gasteiger charge is -2.28. The molecule has 2 aromatic carbocycles. The highest BCUT2D eigenvalue weighted by Crippen LogP contribution is 2.45. The molecule has 4 nitrogen and oxygen atoms in total. The number of rotatable bonds is 2. The number of nitrogens with one attached hydrogen (secondary N) is 1. The van der Waals surface area contributed by atoms with Crippen molar-refractivity contribution in [1.29, 1.82) is 5.41 Å². The largest absolute Gasteiger partial charge is 0.465 e. The molecule has 1 aliphatic rings. The average Bonchev–Trinajstić information content (AvgIpc) is 2.44. The second kappa shape index (κ2) is 5.84. The fourth-order valence-electron chi connectivity index (χ4n) is 2.41. The first-order valence-corrected chi connectivity index (χ1v) is 8.15. The smallest absolute Gasteiger partial charge is 0.279 e. The van der Waals surface area contributed by atoms with E-state index in [0.717, 1.165) is 30.7 Å². The van der Waals surface area contributed by atoms with Crippen LogP contribution in [0.15, 0.2) is 40.9 Å². The van der Waals surface area contributed by atoms with E-state index >= 15 is 0 Å². The summed E-state index contributed by atoms with van der Waals surface area (Å²) in [7, 11) is 0. The zero-order chi connectivity index (χ0) is 15.0. The molecule has 2 aromatic rings. The van der Waals surface area contributed by atoms with Gasteiger partial charge in [-0.15, -0.1) is 0 Å². The van der Waals surface area contributed by atoms with E-state index in [1.54, 1.807) is 0 Å². The minimum atomic E-state index is -0.273. The molecule has 3 rings (SSSR count). The Morgan fingerprint density at radius 2 is 1.90 bits per heavy atom. The SMILES string of the molecule is N=C(N)OCC1c2cc(Br)ccc2Oc2ccc(I)cc21. The standard InChI is InChI=1S/C15H12BrIN2O2/c16-8-1-3-13-10(5-8)12(7-20-15(18)19)11-6-9(17)2-4-14(11)21-13/h1-6,12H,7H2,(H3,18,19). The van der Waals surface area contributed by atoms with Crippen LogP contribution in [0.4, 0.5) is 0 Å². The van der Waals surface area contributed by atoms with Gasteiger partial charge in [-0.05, 0) is 59.0 Å². The van der Waals surface area contributed by atoms with Crippen LogP contribution in [0.2, 0.25) is 0 Å². The minimum absolute atomic E-state index is 0.0140. The van der Waals surface area contributed by atoms with Gasteiger partial charge in [-0.1, -0.05) is 15.9 Å².